The predicted molar refractivity (Wildman–Crippen MR) is 49.1 cm³/mol. The molecule has 2 unspecified atom stereocenters. The molecule has 2 nitrogen and oxygen atoms in total. The quantitative estimate of drug-likeness (QED) is 0.330. The molecule has 12 heavy (non-hydrogen) atoms. The van der Waals surface area contributed by atoms with Gasteiger partial charge < -0.3 is 0 Å². The summed E-state index contributed by atoms with van der Waals surface area (Å²) in [5.74, 6) is 1.58. The first-order valence-electron chi connectivity index (χ1n) is 4.97. The van der Waals surface area contributed by atoms with Crippen LogP contribution < -0.4 is 0 Å². The summed E-state index contributed by atoms with van der Waals surface area (Å²) in [5, 5.41) is 9.66. The van der Waals surface area contributed by atoms with Crippen molar-refractivity contribution in [2.75, 3.05) is 6.61 Å². The number of rotatable bonds is 7. The summed E-state index contributed by atoms with van der Waals surface area (Å²) in [6.07, 6.45) is 4.50. The van der Waals surface area contributed by atoms with Gasteiger partial charge in [-0.1, -0.05) is 40.0 Å². The average molecular weight is 173 g/mol. The molecule has 0 spiro atoms. The van der Waals surface area contributed by atoms with Crippen LogP contribution in [0, 0.1) is 11.8 Å². The highest BCUT2D eigenvalue weighted by Crippen LogP contribution is 2.20. The third-order valence-corrected chi connectivity index (χ3v) is 2.75. The van der Waals surface area contributed by atoms with Crippen molar-refractivity contribution in [3.8, 4) is 0 Å². The predicted octanol–water partition coefficient (Wildman–Crippen LogP) is 3.20. The molecule has 2 heteroatoms. The van der Waals surface area contributed by atoms with E-state index in [4.69, 9.17) is 0 Å². The van der Waals surface area contributed by atoms with E-state index in [1.165, 1.54) is 12.8 Å². The van der Waals surface area contributed by atoms with E-state index in [1.54, 1.807) is 0 Å². The summed E-state index contributed by atoms with van der Waals surface area (Å²) in [7, 11) is 0. The summed E-state index contributed by atoms with van der Waals surface area (Å²) in [4.78, 5) is 3.76. The number of hydrogen-bond acceptors (Lipinski definition) is 1. The van der Waals surface area contributed by atoms with E-state index in [0.717, 1.165) is 24.7 Å². The molecule has 73 valence electrons. The van der Waals surface area contributed by atoms with Gasteiger partial charge in [0.2, 0.25) is 0 Å². The van der Waals surface area contributed by atoms with Crippen LogP contribution in [-0.4, -0.2) is 6.61 Å². The fraction of sp³-hybridized carbons (Fsp3) is 1.00. The molecule has 0 saturated heterocycles. The van der Waals surface area contributed by atoms with Crippen molar-refractivity contribution in [3.63, 3.8) is 0 Å². The lowest BCUT2D eigenvalue weighted by atomic mass is 9.89. The molecule has 0 aromatic heterocycles. The van der Waals surface area contributed by atoms with Crippen LogP contribution in [0.1, 0.15) is 46.5 Å². The number of unbranched alkanes of at least 4 members (excludes halogenated alkanes) is 1. The molecule has 0 aliphatic heterocycles. The molecule has 0 fully saturated rings. The first-order valence-corrected chi connectivity index (χ1v) is 4.97. The first-order chi connectivity index (χ1) is 5.72. The lowest BCUT2D eigenvalue weighted by Gasteiger charge is -2.17. The van der Waals surface area contributed by atoms with Gasteiger partial charge in [0.25, 0.3) is 0 Å². The Morgan fingerprint density at radius 1 is 1.17 bits per heavy atom. The molecule has 0 aromatic rings. The monoisotopic (exact) mass is 173 g/mol. The molecule has 0 N–H and O–H groups in total. The van der Waals surface area contributed by atoms with Gasteiger partial charge in [-0.2, -0.15) is 0 Å². The van der Waals surface area contributed by atoms with Crippen LogP contribution in [0.15, 0.2) is 0 Å². The Balaban J connectivity index is 3.24. The minimum atomic E-state index is 0.368. The van der Waals surface area contributed by atoms with Crippen molar-refractivity contribution >= 4 is 0 Å². The number of hydrogen-bond donors (Lipinski definition) is 0. The van der Waals surface area contributed by atoms with E-state index in [2.05, 4.69) is 25.7 Å². The highest BCUT2D eigenvalue weighted by atomic mass is 17.1. The topological polar surface area (TPSA) is 29.1 Å². The molecule has 2 atom stereocenters. The normalized spacial score (nSPS) is 16.0. The van der Waals surface area contributed by atoms with Crippen LogP contribution in [0.5, 0.6) is 0 Å². The molecule has 0 rings (SSSR count). The highest BCUT2D eigenvalue weighted by Gasteiger charge is 2.08. The van der Waals surface area contributed by atoms with Crippen LogP contribution in [0.3, 0.4) is 0 Å². The van der Waals surface area contributed by atoms with Crippen LogP contribution in [-0.2, 0) is 10.1 Å². The Labute approximate surface area is 75.9 Å². The minimum absolute atomic E-state index is 0.368. The van der Waals surface area contributed by atoms with Crippen molar-refractivity contribution in [2.24, 2.45) is 11.8 Å². The maximum Gasteiger partial charge on any atom is 0.0854 e. The molecule has 0 aliphatic rings. The van der Waals surface area contributed by atoms with Gasteiger partial charge >= 0.3 is 0 Å². The lowest BCUT2D eigenvalue weighted by molar-refractivity contribution is -0.304. The molecule has 0 aliphatic carbocycles. The van der Waals surface area contributed by atoms with Crippen molar-refractivity contribution in [1.29, 1.82) is 0 Å². The van der Waals surface area contributed by atoms with Crippen LogP contribution in [0.25, 0.3) is 0 Å². The zero-order valence-corrected chi connectivity index (χ0v) is 8.51. The maximum atomic E-state index is 9.66. The van der Waals surface area contributed by atoms with E-state index in [1.807, 2.05) is 0 Å². The summed E-state index contributed by atoms with van der Waals surface area (Å²) in [6.45, 7) is 7.16. The van der Waals surface area contributed by atoms with E-state index in [9.17, 15) is 5.26 Å². The van der Waals surface area contributed by atoms with Crippen LogP contribution in [0.4, 0.5) is 0 Å². The third kappa shape index (κ3) is 5.56. The largest absolute Gasteiger partial charge is 0.204 e. The molecular weight excluding hydrogens is 152 g/mol. The van der Waals surface area contributed by atoms with Crippen molar-refractivity contribution in [1.82, 2.24) is 0 Å². The highest BCUT2D eigenvalue weighted by molar-refractivity contribution is 4.60. The fourth-order valence-electron chi connectivity index (χ4n) is 1.31. The van der Waals surface area contributed by atoms with Gasteiger partial charge in [0, 0.05) is 0 Å². The van der Waals surface area contributed by atoms with Gasteiger partial charge in [-0.25, -0.2) is 4.89 Å². The summed E-state index contributed by atoms with van der Waals surface area (Å²) in [5.41, 5.74) is 0. The zero-order valence-electron chi connectivity index (χ0n) is 8.51. The SMILES string of the molecule is CCC(C)C(C)CCCCO[O]. The smallest absolute Gasteiger partial charge is 0.0854 e. The van der Waals surface area contributed by atoms with Gasteiger partial charge in [0.1, 0.15) is 0 Å². The zero-order chi connectivity index (χ0) is 9.40. The minimum Gasteiger partial charge on any atom is -0.204 e. The second-order valence-corrected chi connectivity index (χ2v) is 3.68. The van der Waals surface area contributed by atoms with Crippen molar-refractivity contribution in [2.45, 2.75) is 46.5 Å². The third-order valence-electron chi connectivity index (χ3n) is 2.75. The summed E-state index contributed by atoms with van der Waals surface area (Å²) < 4.78 is 0. The van der Waals surface area contributed by atoms with Crippen LogP contribution in [0.2, 0.25) is 0 Å². The van der Waals surface area contributed by atoms with E-state index >= 15 is 0 Å². The maximum absolute atomic E-state index is 9.66. The van der Waals surface area contributed by atoms with Gasteiger partial charge in [0.15, 0.2) is 0 Å². The average Bonchev–Trinajstić information content (AvgIpc) is 2.10. The molecule has 0 bridgehead atoms. The van der Waals surface area contributed by atoms with Gasteiger partial charge in [0.05, 0.1) is 6.61 Å². The Bertz CT molecular complexity index is 93.8. The molecule has 0 saturated carbocycles. The fourth-order valence-corrected chi connectivity index (χ4v) is 1.31. The van der Waals surface area contributed by atoms with Gasteiger partial charge in [-0.15, -0.1) is 0 Å². The van der Waals surface area contributed by atoms with Crippen molar-refractivity contribution < 1.29 is 10.1 Å². The summed E-state index contributed by atoms with van der Waals surface area (Å²) in [6, 6.07) is 0. The Morgan fingerprint density at radius 2 is 1.83 bits per heavy atom. The molecule has 0 heterocycles. The second-order valence-electron chi connectivity index (χ2n) is 3.68. The molecule has 0 aromatic carbocycles. The van der Waals surface area contributed by atoms with E-state index in [0.29, 0.717) is 6.61 Å². The molecule has 0 amide bonds. The van der Waals surface area contributed by atoms with E-state index in [-0.39, 0.29) is 0 Å². The van der Waals surface area contributed by atoms with Crippen LogP contribution >= 0.6 is 0 Å². The lowest BCUT2D eigenvalue weighted by Crippen LogP contribution is -2.06. The van der Waals surface area contributed by atoms with Gasteiger partial charge in [-0.3, -0.25) is 0 Å². The van der Waals surface area contributed by atoms with Crippen molar-refractivity contribution in [3.05, 3.63) is 0 Å². The Kier molecular flexibility index (Phi) is 7.51. The Morgan fingerprint density at radius 3 is 2.33 bits per heavy atom. The van der Waals surface area contributed by atoms with Gasteiger partial charge in [-0.05, 0) is 23.5 Å². The first kappa shape index (κ1) is 11.9. The molecule has 1 radical (unpaired) electrons. The second kappa shape index (κ2) is 7.56. The Hall–Kier alpha value is -0.0800. The van der Waals surface area contributed by atoms with E-state index < -0.39 is 0 Å². The molecular formula is C10H21O2. The summed E-state index contributed by atoms with van der Waals surface area (Å²) >= 11 is 0. The standard InChI is InChI=1S/C10H21O2/c1-4-9(2)10(3)7-5-6-8-12-11/h9-10H,4-8H2,1-3H3.